The average molecular weight is 673 g/mol. The zero-order chi connectivity index (χ0) is 35.4. The minimum absolute atomic E-state index is 0.0371. The van der Waals surface area contributed by atoms with E-state index in [-0.39, 0.29) is 23.8 Å². The van der Waals surface area contributed by atoms with Gasteiger partial charge in [-0.2, -0.15) is 0 Å². The van der Waals surface area contributed by atoms with Crippen molar-refractivity contribution in [2.45, 2.75) is 96.2 Å². The van der Waals surface area contributed by atoms with E-state index in [1.165, 1.54) is 12.5 Å². The van der Waals surface area contributed by atoms with Gasteiger partial charge in [0.2, 0.25) is 11.8 Å². The molecular weight excluding hydrogens is 624 g/mol. The Morgan fingerprint density at radius 2 is 1.50 bits per heavy atom. The predicted molar refractivity (Wildman–Crippen MR) is 196 cm³/mol. The number of nitrogens with one attached hydrogen (secondary N) is 1. The number of hydrogen-bond donors (Lipinski definition) is 2. The molecule has 6 rings (SSSR count). The summed E-state index contributed by atoms with van der Waals surface area (Å²) in [6, 6.07) is 29.5. The van der Waals surface area contributed by atoms with Gasteiger partial charge in [-0.05, 0) is 75.4 Å². The lowest BCUT2D eigenvalue weighted by molar-refractivity contribution is -0.146. The third-order valence-electron chi connectivity index (χ3n) is 10.3. The molecule has 1 aliphatic carbocycles. The van der Waals surface area contributed by atoms with E-state index in [0.29, 0.717) is 18.1 Å². The highest BCUT2D eigenvalue weighted by Crippen LogP contribution is 2.43. The SMILES string of the molecule is CC(=O)N1C(C(=O)N[C@@H](Cc2ccc(-c3ccccc3)cc2)C(=O)O)Cc2ccc(Oc3ccc(C(C)(C)C)cc3)cc2C1CC1CCCC1. The van der Waals surface area contributed by atoms with Gasteiger partial charge < -0.3 is 20.1 Å². The third-order valence-corrected chi connectivity index (χ3v) is 10.3. The Hall–Kier alpha value is -4.91. The number of benzene rings is 4. The van der Waals surface area contributed by atoms with E-state index in [4.69, 9.17) is 4.74 Å². The van der Waals surface area contributed by atoms with Crippen LogP contribution in [-0.2, 0) is 32.6 Å². The Balaban J connectivity index is 1.24. The molecular formula is C43H48N2O5. The molecule has 260 valence electrons. The van der Waals surface area contributed by atoms with Crippen LogP contribution in [0.4, 0.5) is 0 Å². The van der Waals surface area contributed by atoms with E-state index in [2.05, 4.69) is 38.2 Å². The van der Waals surface area contributed by atoms with Gasteiger partial charge in [0.25, 0.3) is 0 Å². The number of ether oxygens (including phenoxy) is 1. The summed E-state index contributed by atoms with van der Waals surface area (Å²) in [5, 5.41) is 13.0. The highest BCUT2D eigenvalue weighted by Gasteiger charge is 2.42. The molecule has 3 atom stereocenters. The molecule has 1 heterocycles. The normalized spacial score (nSPS) is 18.3. The van der Waals surface area contributed by atoms with Crippen LogP contribution in [0.5, 0.6) is 11.5 Å². The molecule has 7 nitrogen and oxygen atoms in total. The summed E-state index contributed by atoms with van der Waals surface area (Å²) >= 11 is 0. The van der Waals surface area contributed by atoms with E-state index in [0.717, 1.165) is 65.7 Å². The number of carboxylic acids is 1. The number of aliphatic carboxylic acids is 1. The van der Waals surface area contributed by atoms with E-state index in [9.17, 15) is 19.5 Å². The maximum atomic E-state index is 14.1. The maximum absolute atomic E-state index is 14.1. The fourth-order valence-corrected chi connectivity index (χ4v) is 7.59. The first-order valence-electron chi connectivity index (χ1n) is 17.8. The highest BCUT2D eigenvalue weighted by molar-refractivity contribution is 5.91. The standard InChI is InChI=1S/C43H48N2O5/c1-28(46)45-39(25-29-10-8-9-11-29)37-27-36(50-35-22-19-34(20-23-35)43(2,3)4)21-18-33(37)26-40(45)41(47)44-38(42(48)49)24-30-14-16-32(17-15-30)31-12-6-5-7-13-31/h5-7,12-23,27,29,38-40H,8-11,24-26H2,1-4H3,(H,44,47)(H,48,49)/t38-,39?,40?/m0/s1. The summed E-state index contributed by atoms with van der Waals surface area (Å²) in [6.45, 7) is 8.04. The van der Waals surface area contributed by atoms with Gasteiger partial charge in [0, 0.05) is 19.8 Å². The minimum atomic E-state index is -1.14. The van der Waals surface area contributed by atoms with Crippen LogP contribution >= 0.6 is 0 Å². The van der Waals surface area contributed by atoms with Crippen LogP contribution in [0.25, 0.3) is 11.1 Å². The molecule has 0 saturated heterocycles. The number of hydrogen-bond acceptors (Lipinski definition) is 4. The minimum Gasteiger partial charge on any atom is -0.480 e. The summed E-state index contributed by atoms with van der Waals surface area (Å²) in [5.74, 6) is 0.0872. The lowest BCUT2D eigenvalue weighted by atomic mass is 9.82. The van der Waals surface area contributed by atoms with Gasteiger partial charge in [0.15, 0.2) is 0 Å². The maximum Gasteiger partial charge on any atom is 0.326 e. The molecule has 4 aromatic rings. The van der Waals surface area contributed by atoms with Crippen molar-refractivity contribution in [2.75, 3.05) is 0 Å². The first kappa shape index (κ1) is 34.9. The van der Waals surface area contributed by atoms with Crippen molar-refractivity contribution in [3.8, 4) is 22.6 Å². The van der Waals surface area contributed by atoms with E-state index >= 15 is 0 Å². The van der Waals surface area contributed by atoms with Crippen molar-refractivity contribution >= 4 is 17.8 Å². The molecule has 7 heteroatoms. The topological polar surface area (TPSA) is 95.9 Å². The zero-order valence-electron chi connectivity index (χ0n) is 29.5. The van der Waals surface area contributed by atoms with Gasteiger partial charge in [0.05, 0.1) is 6.04 Å². The van der Waals surface area contributed by atoms with Crippen LogP contribution in [0.15, 0.2) is 97.1 Å². The highest BCUT2D eigenvalue weighted by atomic mass is 16.5. The second-order valence-electron chi connectivity index (χ2n) is 15.0. The number of nitrogens with zero attached hydrogens (tertiary/aromatic N) is 1. The van der Waals surface area contributed by atoms with Crippen molar-refractivity contribution in [3.05, 3.63) is 119 Å². The molecule has 0 bridgehead atoms. The molecule has 0 aromatic heterocycles. The lowest BCUT2D eigenvalue weighted by Crippen LogP contribution is -2.57. The lowest BCUT2D eigenvalue weighted by Gasteiger charge is -2.43. The van der Waals surface area contributed by atoms with Gasteiger partial charge in [0.1, 0.15) is 23.6 Å². The summed E-state index contributed by atoms with van der Waals surface area (Å²) in [5.41, 5.74) is 6.13. The number of carbonyl (C=O) groups excluding carboxylic acids is 2. The Morgan fingerprint density at radius 3 is 2.12 bits per heavy atom. The summed E-state index contributed by atoms with van der Waals surface area (Å²) in [7, 11) is 0. The van der Waals surface area contributed by atoms with Crippen LogP contribution in [-0.4, -0.2) is 39.9 Å². The molecule has 2 N–H and O–H groups in total. The van der Waals surface area contributed by atoms with Crippen molar-refractivity contribution in [3.63, 3.8) is 0 Å². The molecule has 1 fully saturated rings. The Morgan fingerprint density at radius 1 is 0.860 bits per heavy atom. The smallest absolute Gasteiger partial charge is 0.326 e. The molecule has 2 aliphatic rings. The van der Waals surface area contributed by atoms with E-state index in [1.54, 1.807) is 4.90 Å². The van der Waals surface area contributed by atoms with Crippen LogP contribution in [0.2, 0.25) is 0 Å². The molecule has 1 saturated carbocycles. The number of carbonyl (C=O) groups is 3. The van der Waals surface area contributed by atoms with Crippen LogP contribution in [0, 0.1) is 5.92 Å². The second kappa shape index (κ2) is 14.9. The second-order valence-corrected chi connectivity index (χ2v) is 15.0. The zero-order valence-corrected chi connectivity index (χ0v) is 29.5. The average Bonchev–Trinajstić information content (AvgIpc) is 3.61. The van der Waals surface area contributed by atoms with Crippen LogP contribution < -0.4 is 10.1 Å². The van der Waals surface area contributed by atoms with Gasteiger partial charge in [-0.1, -0.05) is 119 Å². The number of rotatable bonds is 10. The molecule has 0 spiro atoms. The monoisotopic (exact) mass is 672 g/mol. The largest absolute Gasteiger partial charge is 0.480 e. The number of amides is 2. The van der Waals surface area contributed by atoms with Gasteiger partial charge in [-0.15, -0.1) is 0 Å². The molecule has 0 radical (unpaired) electrons. The molecule has 1 aliphatic heterocycles. The van der Waals surface area contributed by atoms with Crippen LogP contribution in [0.3, 0.4) is 0 Å². The summed E-state index contributed by atoms with van der Waals surface area (Å²) < 4.78 is 6.32. The summed E-state index contributed by atoms with van der Waals surface area (Å²) in [6.07, 6.45) is 5.67. The van der Waals surface area contributed by atoms with E-state index in [1.807, 2.05) is 84.9 Å². The van der Waals surface area contributed by atoms with Gasteiger partial charge in [-0.25, -0.2) is 4.79 Å². The van der Waals surface area contributed by atoms with Crippen molar-refractivity contribution in [1.29, 1.82) is 0 Å². The molecule has 50 heavy (non-hydrogen) atoms. The molecule has 2 unspecified atom stereocenters. The summed E-state index contributed by atoms with van der Waals surface area (Å²) in [4.78, 5) is 41.7. The Kier molecular flexibility index (Phi) is 10.4. The Bertz CT molecular complexity index is 1810. The van der Waals surface area contributed by atoms with Crippen molar-refractivity contribution < 1.29 is 24.2 Å². The fraction of sp³-hybridized carbons (Fsp3) is 0.372. The van der Waals surface area contributed by atoms with Crippen LogP contribution in [0.1, 0.15) is 88.1 Å². The molecule has 2 amide bonds. The predicted octanol–water partition coefficient (Wildman–Crippen LogP) is 8.65. The number of carboxylic acid groups (broad SMARTS) is 1. The third kappa shape index (κ3) is 8.10. The quantitative estimate of drug-likeness (QED) is 0.176. The Labute approximate surface area is 295 Å². The van der Waals surface area contributed by atoms with E-state index < -0.39 is 24.0 Å². The first-order chi connectivity index (χ1) is 24.0. The van der Waals surface area contributed by atoms with Crippen molar-refractivity contribution in [2.24, 2.45) is 5.92 Å². The first-order valence-corrected chi connectivity index (χ1v) is 17.8. The van der Waals surface area contributed by atoms with Crippen molar-refractivity contribution in [1.82, 2.24) is 10.2 Å². The van der Waals surface area contributed by atoms with Gasteiger partial charge in [-0.3, -0.25) is 9.59 Å². The van der Waals surface area contributed by atoms with Gasteiger partial charge >= 0.3 is 5.97 Å². The number of fused-ring (bicyclic) bond motifs is 1. The molecule has 4 aromatic carbocycles. The fourth-order valence-electron chi connectivity index (χ4n) is 7.59.